The van der Waals surface area contributed by atoms with Crippen molar-refractivity contribution >= 4 is 33.3 Å². The zero-order chi connectivity index (χ0) is 14.0. The van der Waals surface area contributed by atoms with Crippen molar-refractivity contribution in [3.8, 4) is 0 Å². The fraction of sp³-hybridized carbons (Fsp3) is 0. The highest BCUT2D eigenvalue weighted by Gasteiger charge is 2.15. The first-order valence-corrected chi connectivity index (χ1v) is 5.94. The van der Waals surface area contributed by atoms with Crippen LogP contribution in [-0.2, 0) is 0 Å². The second kappa shape index (κ2) is 5.31. The maximum absolute atomic E-state index is 13.6. The number of nitrogen functional groups attached to an aromatic ring is 1. The molecule has 0 bridgehead atoms. The van der Waals surface area contributed by atoms with Gasteiger partial charge in [-0.05, 0) is 40.2 Å². The molecular formula is C12H8BrF2N3O. The Balaban J connectivity index is 2.26. The fourth-order valence-corrected chi connectivity index (χ4v) is 1.65. The average molecular weight is 328 g/mol. The Kier molecular flexibility index (Phi) is 3.75. The predicted molar refractivity (Wildman–Crippen MR) is 70.7 cm³/mol. The molecule has 1 aromatic carbocycles. The van der Waals surface area contributed by atoms with Crippen molar-refractivity contribution in [2.24, 2.45) is 0 Å². The van der Waals surface area contributed by atoms with Crippen LogP contribution in [-0.4, -0.2) is 10.9 Å². The first-order valence-electron chi connectivity index (χ1n) is 5.15. The Morgan fingerprint density at radius 1 is 1.32 bits per heavy atom. The smallest absolute Gasteiger partial charge is 0.258 e. The molecule has 0 aliphatic heterocycles. The lowest BCUT2D eigenvalue weighted by Gasteiger charge is -2.07. The van der Waals surface area contributed by atoms with Crippen LogP contribution in [0.3, 0.4) is 0 Å². The summed E-state index contributed by atoms with van der Waals surface area (Å²) in [4.78, 5) is 15.3. The van der Waals surface area contributed by atoms with E-state index in [-0.39, 0.29) is 21.5 Å². The number of hydrogen-bond acceptors (Lipinski definition) is 3. The number of nitrogens with one attached hydrogen (secondary N) is 1. The number of nitrogens with two attached hydrogens (primary N) is 1. The minimum Gasteiger partial charge on any atom is -0.381 e. The molecule has 19 heavy (non-hydrogen) atoms. The summed E-state index contributed by atoms with van der Waals surface area (Å²) in [5.74, 6) is -2.53. The molecule has 0 unspecified atom stereocenters. The molecular weight excluding hydrogens is 320 g/mol. The topological polar surface area (TPSA) is 68.0 Å². The van der Waals surface area contributed by atoms with Crippen LogP contribution in [0, 0.1) is 11.6 Å². The minimum absolute atomic E-state index is 0.209. The summed E-state index contributed by atoms with van der Waals surface area (Å²) < 4.78 is 27.1. The third-order valence-corrected chi connectivity index (χ3v) is 2.98. The Labute approximate surface area is 115 Å². The van der Waals surface area contributed by atoms with Gasteiger partial charge in [0.15, 0.2) is 11.6 Å². The van der Waals surface area contributed by atoms with Gasteiger partial charge in [0.2, 0.25) is 0 Å². The Morgan fingerprint density at radius 2 is 2.05 bits per heavy atom. The maximum atomic E-state index is 13.6. The molecule has 0 saturated carbocycles. The maximum Gasteiger partial charge on any atom is 0.258 e. The van der Waals surface area contributed by atoms with Crippen molar-refractivity contribution in [1.29, 1.82) is 0 Å². The van der Waals surface area contributed by atoms with Gasteiger partial charge < -0.3 is 11.1 Å². The minimum atomic E-state index is -0.905. The molecule has 0 saturated heterocycles. The van der Waals surface area contributed by atoms with Crippen LogP contribution < -0.4 is 11.1 Å². The summed E-state index contributed by atoms with van der Waals surface area (Å²) in [6, 6.07) is 5.22. The first-order chi connectivity index (χ1) is 8.99. The zero-order valence-corrected chi connectivity index (χ0v) is 11.0. The van der Waals surface area contributed by atoms with Crippen LogP contribution in [0.5, 0.6) is 0 Å². The number of anilines is 2. The zero-order valence-electron chi connectivity index (χ0n) is 9.45. The molecule has 0 radical (unpaired) electrons. The van der Waals surface area contributed by atoms with Crippen molar-refractivity contribution < 1.29 is 13.6 Å². The third-order valence-electron chi connectivity index (χ3n) is 2.34. The average Bonchev–Trinajstić information content (AvgIpc) is 2.37. The molecule has 1 amide bonds. The molecule has 1 heterocycles. The quantitative estimate of drug-likeness (QED) is 0.891. The van der Waals surface area contributed by atoms with Gasteiger partial charge in [-0.2, -0.15) is 0 Å². The number of carbonyl (C=O) groups excluding carboxylic acids is 1. The van der Waals surface area contributed by atoms with Gasteiger partial charge >= 0.3 is 0 Å². The van der Waals surface area contributed by atoms with E-state index >= 15 is 0 Å². The molecule has 0 spiro atoms. The van der Waals surface area contributed by atoms with Gasteiger partial charge in [0.1, 0.15) is 5.82 Å². The van der Waals surface area contributed by atoms with E-state index in [1.807, 2.05) is 0 Å². The van der Waals surface area contributed by atoms with Crippen LogP contribution >= 0.6 is 15.9 Å². The van der Waals surface area contributed by atoms with Gasteiger partial charge in [0, 0.05) is 11.9 Å². The number of aromatic nitrogens is 1. The molecule has 0 atom stereocenters. The number of carbonyl (C=O) groups is 1. The Bertz CT molecular complexity index is 649. The summed E-state index contributed by atoms with van der Waals surface area (Å²) in [6.07, 6.45) is 1.22. The van der Waals surface area contributed by atoms with Gasteiger partial charge in [-0.25, -0.2) is 13.8 Å². The largest absolute Gasteiger partial charge is 0.381 e. The van der Waals surface area contributed by atoms with E-state index in [2.05, 4.69) is 26.2 Å². The van der Waals surface area contributed by atoms with Crippen LogP contribution in [0.4, 0.5) is 20.3 Å². The molecule has 0 aliphatic rings. The summed E-state index contributed by atoms with van der Waals surface area (Å²) in [5.41, 5.74) is 5.22. The number of benzene rings is 1. The van der Waals surface area contributed by atoms with E-state index in [4.69, 9.17) is 5.73 Å². The number of hydrogen-bond donors (Lipinski definition) is 2. The second-order valence-corrected chi connectivity index (χ2v) is 4.50. The van der Waals surface area contributed by atoms with Crippen LogP contribution in [0.15, 0.2) is 34.9 Å². The second-order valence-electron chi connectivity index (χ2n) is 3.64. The molecule has 1 aromatic heterocycles. The van der Waals surface area contributed by atoms with Gasteiger partial charge in [-0.3, -0.25) is 4.79 Å². The van der Waals surface area contributed by atoms with Gasteiger partial charge in [0.05, 0.1) is 10.0 Å². The standard InChI is InChI=1S/C12H8BrF2N3O/c13-8-2-1-6(5-9(8)14)18-12(19)7-3-4-17-11(16)10(7)15/h1-5H,(H2,16,17)(H,18,19). The highest BCUT2D eigenvalue weighted by atomic mass is 79.9. The molecule has 2 rings (SSSR count). The molecule has 7 heteroatoms. The molecule has 4 nitrogen and oxygen atoms in total. The lowest BCUT2D eigenvalue weighted by Crippen LogP contribution is -2.15. The number of pyridine rings is 1. The predicted octanol–water partition coefficient (Wildman–Crippen LogP) is 2.96. The number of amides is 1. The molecule has 0 aliphatic carbocycles. The van der Waals surface area contributed by atoms with E-state index in [1.165, 1.54) is 24.4 Å². The van der Waals surface area contributed by atoms with Crippen LogP contribution in [0.1, 0.15) is 10.4 Å². The van der Waals surface area contributed by atoms with Gasteiger partial charge in [0.25, 0.3) is 5.91 Å². The highest BCUT2D eigenvalue weighted by Crippen LogP contribution is 2.20. The van der Waals surface area contributed by atoms with Gasteiger partial charge in [-0.1, -0.05) is 0 Å². The first kappa shape index (κ1) is 13.4. The van der Waals surface area contributed by atoms with Crippen LogP contribution in [0.25, 0.3) is 0 Å². The number of rotatable bonds is 2. The lowest BCUT2D eigenvalue weighted by molar-refractivity contribution is 0.102. The van der Waals surface area contributed by atoms with Crippen molar-refractivity contribution in [1.82, 2.24) is 4.98 Å². The summed E-state index contributed by atoms with van der Waals surface area (Å²) >= 11 is 2.99. The monoisotopic (exact) mass is 327 g/mol. The van der Waals surface area contributed by atoms with Crippen molar-refractivity contribution in [3.05, 3.63) is 52.1 Å². The van der Waals surface area contributed by atoms with E-state index in [1.54, 1.807) is 0 Å². The number of halogens is 3. The van der Waals surface area contributed by atoms with E-state index < -0.39 is 17.5 Å². The summed E-state index contributed by atoms with van der Waals surface area (Å²) in [6.45, 7) is 0. The van der Waals surface area contributed by atoms with E-state index in [9.17, 15) is 13.6 Å². The molecule has 0 fully saturated rings. The van der Waals surface area contributed by atoms with Crippen molar-refractivity contribution in [2.45, 2.75) is 0 Å². The molecule has 2 aromatic rings. The number of nitrogens with zero attached hydrogens (tertiary/aromatic N) is 1. The SMILES string of the molecule is Nc1nccc(C(=O)Nc2ccc(Br)c(F)c2)c1F. The summed E-state index contributed by atoms with van der Waals surface area (Å²) in [7, 11) is 0. The lowest BCUT2D eigenvalue weighted by atomic mass is 10.2. The summed E-state index contributed by atoms with van der Waals surface area (Å²) in [5, 5.41) is 2.37. The van der Waals surface area contributed by atoms with Crippen molar-refractivity contribution in [3.63, 3.8) is 0 Å². The molecule has 98 valence electrons. The Hall–Kier alpha value is -2.02. The van der Waals surface area contributed by atoms with E-state index in [0.29, 0.717) is 0 Å². The highest BCUT2D eigenvalue weighted by molar-refractivity contribution is 9.10. The molecule has 3 N–H and O–H groups in total. The van der Waals surface area contributed by atoms with Gasteiger partial charge in [-0.15, -0.1) is 0 Å². The fourth-order valence-electron chi connectivity index (χ4n) is 1.41. The van der Waals surface area contributed by atoms with Crippen LogP contribution in [0.2, 0.25) is 0 Å². The van der Waals surface area contributed by atoms with E-state index in [0.717, 1.165) is 6.07 Å². The Morgan fingerprint density at radius 3 is 2.74 bits per heavy atom. The van der Waals surface area contributed by atoms with Crippen molar-refractivity contribution in [2.75, 3.05) is 11.1 Å². The normalized spacial score (nSPS) is 10.3. The third kappa shape index (κ3) is 2.87.